The van der Waals surface area contributed by atoms with Gasteiger partial charge in [-0.05, 0) is 19.9 Å². The minimum Gasteiger partial charge on any atom is -0.369 e. The van der Waals surface area contributed by atoms with E-state index in [1.807, 2.05) is 6.92 Å². The van der Waals surface area contributed by atoms with Crippen LogP contribution in [0.2, 0.25) is 0 Å². The molecule has 0 bridgehead atoms. The fourth-order valence-electron chi connectivity index (χ4n) is 2.47. The van der Waals surface area contributed by atoms with Crippen LogP contribution in [-0.4, -0.2) is 30.4 Å². The van der Waals surface area contributed by atoms with Crippen LogP contribution in [0.3, 0.4) is 0 Å². The Morgan fingerprint density at radius 2 is 2.17 bits per heavy atom. The largest absolute Gasteiger partial charge is 0.369 e. The van der Waals surface area contributed by atoms with Crippen LogP contribution in [0.25, 0.3) is 11.2 Å². The maximum Gasteiger partial charge on any atom is 0.253 e. The summed E-state index contributed by atoms with van der Waals surface area (Å²) in [5, 5.41) is 2.71. The summed E-state index contributed by atoms with van der Waals surface area (Å²) in [6.45, 7) is 4.41. The molecule has 0 unspecified atom stereocenters. The number of fused-ring (bicyclic) bond motifs is 1. The van der Waals surface area contributed by atoms with Crippen LogP contribution in [0, 0.1) is 6.92 Å². The average molecular weight is 327 g/mol. The molecule has 0 aliphatic rings. The third kappa shape index (κ3) is 2.96. The van der Waals surface area contributed by atoms with Gasteiger partial charge in [0, 0.05) is 18.8 Å². The highest BCUT2D eigenvalue weighted by atomic mass is 16.1. The van der Waals surface area contributed by atoms with Gasteiger partial charge in [-0.1, -0.05) is 0 Å². The molecule has 9 heteroatoms. The molecular formula is C15H17N7O2. The highest BCUT2D eigenvalue weighted by Crippen LogP contribution is 2.16. The third-order valence-electron chi connectivity index (χ3n) is 3.54. The number of nitrogens with one attached hydrogen (secondary N) is 2. The van der Waals surface area contributed by atoms with Gasteiger partial charge in [0.05, 0.1) is 17.8 Å². The van der Waals surface area contributed by atoms with Crippen LogP contribution in [0.15, 0.2) is 23.1 Å². The SMILES string of the molecule is CCn1c(N)nc2cc(C(=O)NCc3cc(=O)[nH]c(C)n3)cnc21. The fraction of sp³-hybridized carbons (Fsp3) is 0.267. The number of amides is 1. The monoisotopic (exact) mass is 327 g/mol. The van der Waals surface area contributed by atoms with E-state index in [9.17, 15) is 9.59 Å². The highest BCUT2D eigenvalue weighted by molar-refractivity contribution is 5.96. The first-order chi connectivity index (χ1) is 11.5. The van der Waals surface area contributed by atoms with E-state index in [1.165, 1.54) is 12.3 Å². The van der Waals surface area contributed by atoms with Gasteiger partial charge in [-0.15, -0.1) is 0 Å². The minimum atomic E-state index is -0.325. The molecule has 0 fully saturated rings. The van der Waals surface area contributed by atoms with E-state index in [0.29, 0.717) is 40.7 Å². The number of rotatable bonds is 4. The number of carbonyl (C=O) groups is 1. The van der Waals surface area contributed by atoms with Gasteiger partial charge in [0.2, 0.25) is 5.95 Å². The zero-order chi connectivity index (χ0) is 17.3. The summed E-state index contributed by atoms with van der Waals surface area (Å²) in [7, 11) is 0. The van der Waals surface area contributed by atoms with Crippen LogP contribution >= 0.6 is 0 Å². The lowest BCUT2D eigenvalue weighted by Crippen LogP contribution is -2.25. The molecule has 0 radical (unpaired) electrons. The van der Waals surface area contributed by atoms with Crippen molar-refractivity contribution < 1.29 is 4.79 Å². The van der Waals surface area contributed by atoms with Crippen molar-refractivity contribution in [1.29, 1.82) is 0 Å². The standard InChI is InChI=1S/C15H17N7O2/c1-3-22-13-11(21-15(22)16)4-9(6-17-13)14(24)18-7-10-5-12(23)20-8(2)19-10/h4-6H,3,7H2,1-2H3,(H2,16,21)(H,18,24)(H,19,20,23). The summed E-state index contributed by atoms with van der Waals surface area (Å²) in [6.07, 6.45) is 1.47. The number of aromatic amines is 1. The first kappa shape index (κ1) is 15.7. The number of imidazole rings is 1. The summed E-state index contributed by atoms with van der Waals surface area (Å²) in [4.78, 5) is 38.8. The molecule has 4 N–H and O–H groups in total. The van der Waals surface area contributed by atoms with Gasteiger partial charge in [0.15, 0.2) is 5.65 Å². The smallest absolute Gasteiger partial charge is 0.253 e. The van der Waals surface area contributed by atoms with E-state index in [1.54, 1.807) is 17.6 Å². The molecule has 3 aromatic rings. The van der Waals surface area contributed by atoms with Gasteiger partial charge in [-0.2, -0.15) is 0 Å². The van der Waals surface area contributed by atoms with Crippen LogP contribution in [0.5, 0.6) is 0 Å². The zero-order valence-electron chi connectivity index (χ0n) is 13.3. The first-order valence-electron chi connectivity index (χ1n) is 7.44. The Morgan fingerprint density at radius 1 is 1.38 bits per heavy atom. The normalized spacial score (nSPS) is 10.9. The minimum absolute atomic E-state index is 0.146. The number of aryl methyl sites for hydroxylation is 2. The molecule has 24 heavy (non-hydrogen) atoms. The maximum atomic E-state index is 12.3. The Kier molecular flexibility index (Phi) is 3.98. The van der Waals surface area contributed by atoms with Crippen molar-refractivity contribution in [2.45, 2.75) is 26.9 Å². The lowest BCUT2D eigenvalue weighted by Gasteiger charge is -2.05. The molecule has 9 nitrogen and oxygen atoms in total. The zero-order valence-corrected chi connectivity index (χ0v) is 13.3. The summed E-state index contributed by atoms with van der Waals surface area (Å²) in [5.41, 5.74) is 7.62. The van der Waals surface area contributed by atoms with Crippen LogP contribution < -0.4 is 16.6 Å². The number of nitrogens with two attached hydrogens (primary N) is 1. The summed E-state index contributed by atoms with van der Waals surface area (Å²) >= 11 is 0. The van der Waals surface area contributed by atoms with Crippen molar-refractivity contribution in [3.05, 3.63) is 45.8 Å². The number of pyridine rings is 1. The van der Waals surface area contributed by atoms with Crippen molar-refractivity contribution in [1.82, 2.24) is 29.8 Å². The van der Waals surface area contributed by atoms with Crippen LogP contribution in [0.1, 0.15) is 28.8 Å². The Morgan fingerprint density at radius 3 is 2.88 bits per heavy atom. The van der Waals surface area contributed by atoms with Gasteiger partial charge in [0.25, 0.3) is 11.5 Å². The number of aromatic nitrogens is 5. The van der Waals surface area contributed by atoms with E-state index in [0.717, 1.165) is 0 Å². The molecule has 0 aliphatic carbocycles. The topological polar surface area (TPSA) is 132 Å². The second kappa shape index (κ2) is 6.11. The molecule has 0 saturated heterocycles. The Balaban J connectivity index is 1.79. The number of nitrogens with zero attached hydrogens (tertiary/aromatic N) is 4. The summed E-state index contributed by atoms with van der Waals surface area (Å²) < 4.78 is 1.76. The highest BCUT2D eigenvalue weighted by Gasteiger charge is 2.12. The van der Waals surface area contributed by atoms with E-state index < -0.39 is 0 Å². The maximum absolute atomic E-state index is 12.3. The molecule has 0 atom stereocenters. The van der Waals surface area contributed by atoms with E-state index >= 15 is 0 Å². The average Bonchev–Trinajstić information content (AvgIpc) is 2.85. The van der Waals surface area contributed by atoms with Gasteiger partial charge >= 0.3 is 0 Å². The number of hydrogen-bond acceptors (Lipinski definition) is 6. The predicted octanol–water partition coefficient (Wildman–Crippen LogP) is 0.355. The molecule has 0 spiro atoms. The van der Waals surface area contributed by atoms with Gasteiger partial charge in [0.1, 0.15) is 11.3 Å². The predicted molar refractivity (Wildman–Crippen MR) is 88.4 cm³/mol. The third-order valence-corrected chi connectivity index (χ3v) is 3.54. The number of hydrogen-bond donors (Lipinski definition) is 3. The first-order valence-corrected chi connectivity index (χ1v) is 7.44. The molecule has 0 aliphatic heterocycles. The lowest BCUT2D eigenvalue weighted by molar-refractivity contribution is 0.0950. The van der Waals surface area contributed by atoms with Crippen molar-refractivity contribution >= 4 is 23.0 Å². The van der Waals surface area contributed by atoms with Crippen LogP contribution in [-0.2, 0) is 13.1 Å². The Labute approximate surface area is 137 Å². The van der Waals surface area contributed by atoms with Gasteiger partial charge in [-0.3, -0.25) is 14.2 Å². The number of anilines is 1. The van der Waals surface area contributed by atoms with Crippen LogP contribution in [0.4, 0.5) is 5.95 Å². The molecule has 3 aromatic heterocycles. The number of nitrogen functional groups attached to an aromatic ring is 1. The fourth-order valence-corrected chi connectivity index (χ4v) is 2.47. The Hall–Kier alpha value is -3.23. The quantitative estimate of drug-likeness (QED) is 0.634. The summed E-state index contributed by atoms with van der Waals surface area (Å²) in [5.74, 6) is 0.532. The number of H-pyrrole nitrogens is 1. The van der Waals surface area contributed by atoms with Gasteiger partial charge in [-0.25, -0.2) is 15.0 Å². The number of carbonyl (C=O) groups excluding carboxylic acids is 1. The van der Waals surface area contributed by atoms with Crippen molar-refractivity contribution in [2.24, 2.45) is 0 Å². The second-order valence-electron chi connectivity index (χ2n) is 5.29. The van der Waals surface area contributed by atoms with Gasteiger partial charge < -0.3 is 16.0 Å². The second-order valence-corrected chi connectivity index (χ2v) is 5.29. The van der Waals surface area contributed by atoms with Crippen molar-refractivity contribution in [3.63, 3.8) is 0 Å². The molecule has 3 rings (SSSR count). The molecule has 0 aromatic carbocycles. The Bertz CT molecular complexity index is 974. The van der Waals surface area contributed by atoms with E-state index in [4.69, 9.17) is 5.73 Å². The molecule has 1 amide bonds. The lowest BCUT2D eigenvalue weighted by atomic mass is 10.2. The molecule has 3 heterocycles. The molecule has 124 valence electrons. The molecule has 0 saturated carbocycles. The van der Waals surface area contributed by atoms with E-state index in [2.05, 4.69) is 25.3 Å². The van der Waals surface area contributed by atoms with Crippen molar-refractivity contribution in [2.75, 3.05) is 5.73 Å². The molecular weight excluding hydrogens is 310 g/mol. The van der Waals surface area contributed by atoms with Crippen molar-refractivity contribution in [3.8, 4) is 0 Å². The van der Waals surface area contributed by atoms with E-state index in [-0.39, 0.29) is 18.0 Å². The summed E-state index contributed by atoms with van der Waals surface area (Å²) in [6, 6.07) is 2.98.